The number of rotatable bonds is 3. The number of nitrogens with one attached hydrogen (secondary N) is 1. The van der Waals surface area contributed by atoms with E-state index < -0.39 is 0 Å². The van der Waals surface area contributed by atoms with E-state index in [0.29, 0.717) is 11.6 Å². The van der Waals surface area contributed by atoms with E-state index in [1.165, 1.54) is 0 Å². The second kappa shape index (κ2) is 4.53. The maximum absolute atomic E-state index is 11.7. The first-order valence-electron chi connectivity index (χ1n) is 5.33. The summed E-state index contributed by atoms with van der Waals surface area (Å²) in [4.78, 5) is 13.3. The Morgan fingerprint density at radius 3 is 2.75 bits per heavy atom. The summed E-state index contributed by atoms with van der Waals surface area (Å²) in [6.07, 6.45) is 0. The normalized spacial score (nSPS) is 15.4. The summed E-state index contributed by atoms with van der Waals surface area (Å²) in [5, 5.41) is 3.32. The van der Waals surface area contributed by atoms with Gasteiger partial charge in [0.15, 0.2) is 0 Å². The molecule has 1 saturated heterocycles. The van der Waals surface area contributed by atoms with E-state index in [9.17, 15) is 4.79 Å². The topological polar surface area (TPSA) is 41.6 Å². The molecule has 0 saturated carbocycles. The number of anilines is 1. The maximum Gasteiger partial charge on any atom is 0.253 e. The van der Waals surface area contributed by atoms with Gasteiger partial charge >= 0.3 is 0 Å². The molecule has 0 radical (unpaired) electrons. The van der Waals surface area contributed by atoms with E-state index >= 15 is 0 Å². The van der Waals surface area contributed by atoms with Crippen molar-refractivity contribution in [2.75, 3.05) is 32.6 Å². The van der Waals surface area contributed by atoms with Crippen LogP contribution in [-0.4, -0.2) is 44.2 Å². The summed E-state index contributed by atoms with van der Waals surface area (Å²) in [6, 6.07) is 7.93. The zero-order chi connectivity index (χ0) is 11.5. The molecule has 0 spiro atoms. The molecule has 86 valence electrons. The molecule has 4 heteroatoms. The number of carbonyl (C=O) groups excluding carboxylic acids is 1. The number of carbonyl (C=O) groups is 1. The van der Waals surface area contributed by atoms with Crippen molar-refractivity contribution in [1.29, 1.82) is 0 Å². The summed E-state index contributed by atoms with van der Waals surface area (Å²) in [7, 11) is 3.50. The number of hydrogen-bond donors (Lipinski definition) is 1. The van der Waals surface area contributed by atoms with Gasteiger partial charge in [0.25, 0.3) is 5.91 Å². The third kappa shape index (κ3) is 2.33. The number of benzene rings is 1. The lowest BCUT2D eigenvalue weighted by Gasteiger charge is -2.28. The maximum atomic E-state index is 11.7. The van der Waals surface area contributed by atoms with Crippen LogP contribution < -0.4 is 5.32 Å². The van der Waals surface area contributed by atoms with Crippen LogP contribution in [0.15, 0.2) is 24.3 Å². The Bertz CT molecular complexity index is 386. The van der Waals surface area contributed by atoms with Crippen molar-refractivity contribution in [3.63, 3.8) is 0 Å². The number of nitrogens with zero attached hydrogens (tertiary/aromatic N) is 1. The Balaban J connectivity index is 2.09. The summed E-state index contributed by atoms with van der Waals surface area (Å²) in [5.41, 5.74) is 1.68. The van der Waals surface area contributed by atoms with Gasteiger partial charge in [-0.2, -0.15) is 0 Å². The molecule has 1 aromatic carbocycles. The molecule has 0 aromatic heterocycles. The Hall–Kier alpha value is -1.55. The number of amides is 1. The molecule has 1 fully saturated rings. The molecule has 1 aliphatic heterocycles. The van der Waals surface area contributed by atoms with Gasteiger partial charge in [-0.05, 0) is 18.2 Å². The van der Waals surface area contributed by atoms with E-state index in [4.69, 9.17) is 4.74 Å². The molecule has 1 amide bonds. The van der Waals surface area contributed by atoms with E-state index in [1.807, 2.05) is 24.3 Å². The standard InChI is InChI=1S/C12H16N2O2/c1-14(2)12(15)9-4-3-5-10(6-9)13-11-7-16-8-11/h3-6,11,13H,7-8H2,1-2H3. The van der Waals surface area contributed by atoms with Crippen LogP contribution in [0.3, 0.4) is 0 Å². The lowest BCUT2D eigenvalue weighted by Crippen LogP contribution is -2.40. The molecule has 0 bridgehead atoms. The van der Waals surface area contributed by atoms with Crippen molar-refractivity contribution in [2.45, 2.75) is 6.04 Å². The first kappa shape index (κ1) is 11.0. The SMILES string of the molecule is CN(C)C(=O)c1cccc(NC2COC2)c1. The highest BCUT2D eigenvalue weighted by molar-refractivity contribution is 5.94. The molecule has 4 nitrogen and oxygen atoms in total. The summed E-state index contributed by atoms with van der Waals surface area (Å²) in [6.45, 7) is 1.48. The highest BCUT2D eigenvalue weighted by Crippen LogP contribution is 2.15. The molecule has 1 aliphatic rings. The number of hydrogen-bond acceptors (Lipinski definition) is 3. The monoisotopic (exact) mass is 220 g/mol. The lowest BCUT2D eigenvalue weighted by atomic mass is 10.1. The zero-order valence-corrected chi connectivity index (χ0v) is 9.56. The van der Waals surface area contributed by atoms with Crippen LogP contribution in [0.25, 0.3) is 0 Å². The van der Waals surface area contributed by atoms with Crippen molar-refractivity contribution in [2.24, 2.45) is 0 Å². The van der Waals surface area contributed by atoms with Gasteiger partial charge in [0.1, 0.15) is 0 Å². The second-order valence-corrected chi connectivity index (χ2v) is 4.16. The quantitative estimate of drug-likeness (QED) is 0.832. The minimum absolute atomic E-state index is 0.0218. The molecule has 16 heavy (non-hydrogen) atoms. The zero-order valence-electron chi connectivity index (χ0n) is 9.56. The smallest absolute Gasteiger partial charge is 0.253 e. The fourth-order valence-electron chi connectivity index (χ4n) is 1.55. The van der Waals surface area contributed by atoms with Gasteiger partial charge in [-0.15, -0.1) is 0 Å². The van der Waals surface area contributed by atoms with Crippen LogP contribution in [-0.2, 0) is 4.74 Å². The van der Waals surface area contributed by atoms with Gasteiger partial charge in [-0.3, -0.25) is 4.79 Å². The molecule has 1 aromatic rings. The van der Waals surface area contributed by atoms with Crippen molar-refractivity contribution < 1.29 is 9.53 Å². The van der Waals surface area contributed by atoms with E-state index in [1.54, 1.807) is 19.0 Å². The summed E-state index contributed by atoms with van der Waals surface area (Å²) >= 11 is 0. The van der Waals surface area contributed by atoms with Gasteiger partial charge in [0, 0.05) is 25.3 Å². The molecule has 2 rings (SSSR count). The van der Waals surface area contributed by atoms with Gasteiger partial charge in [-0.1, -0.05) is 6.07 Å². The summed E-state index contributed by atoms with van der Waals surface area (Å²) in [5.74, 6) is 0.0218. The molecule has 1 N–H and O–H groups in total. The third-order valence-corrected chi connectivity index (χ3v) is 2.52. The van der Waals surface area contributed by atoms with Gasteiger partial charge < -0.3 is 15.0 Å². The Labute approximate surface area is 95.2 Å². The highest BCUT2D eigenvalue weighted by atomic mass is 16.5. The van der Waals surface area contributed by atoms with Crippen molar-refractivity contribution >= 4 is 11.6 Å². The average Bonchev–Trinajstić information content (AvgIpc) is 2.23. The molecule has 0 atom stereocenters. The first-order valence-corrected chi connectivity index (χ1v) is 5.33. The van der Waals surface area contributed by atoms with Crippen molar-refractivity contribution in [3.05, 3.63) is 29.8 Å². The first-order chi connectivity index (χ1) is 7.66. The van der Waals surface area contributed by atoms with E-state index in [0.717, 1.165) is 18.9 Å². The molecular weight excluding hydrogens is 204 g/mol. The predicted octanol–water partition coefficient (Wildman–Crippen LogP) is 1.20. The highest BCUT2D eigenvalue weighted by Gasteiger charge is 2.18. The largest absolute Gasteiger partial charge is 0.378 e. The van der Waals surface area contributed by atoms with Gasteiger partial charge in [0.05, 0.1) is 19.3 Å². The van der Waals surface area contributed by atoms with Crippen molar-refractivity contribution in [1.82, 2.24) is 4.90 Å². The molecule has 1 heterocycles. The van der Waals surface area contributed by atoms with Crippen LogP contribution in [0, 0.1) is 0 Å². The van der Waals surface area contributed by atoms with E-state index in [2.05, 4.69) is 5.32 Å². The fraction of sp³-hybridized carbons (Fsp3) is 0.417. The Morgan fingerprint density at radius 2 is 2.19 bits per heavy atom. The molecular formula is C12H16N2O2. The van der Waals surface area contributed by atoms with Gasteiger partial charge in [0.2, 0.25) is 0 Å². The van der Waals surface area contributed by atoms with Crippen LogP contribution in [0.2, 0.25) is 0 Å². The average molecular weight is 220 g/mol. The van der Waals surface area contributed by atoms with Crippen LogP contribution in [0.4, 0.5) is 5.69 Å². The fourth-order valence-corrected chi connectivity index (χ4v) is 1.55. The second-order valence-electron chi connectivity index (χ2n) is 4.16. The van der Waals surface area contributed by atoms with E-state index in [-0.39, 0.29) is 5.91 Å². The minimum atomic E-state index is 0.0218. The van der Waals surface area contributed by atoms with Crippen LogP contribution >= 0.6 is 0 Å². The predicted molar refractivity (Wildman–Crippen MR) is 62.7 cm³/mol. The number of ether oxygens (including phenoxy) is 1. The molecule has 0 unspecified atom stereocenters. The van der Waals surface area contributed by atoms with Crippen LogP contribution in [0.1, 0.15) is 10.4 Å². The minimum Gasteiger partial charge on any atom is -0.378 e. The van der Waals surface area contributed by atoms with Crippen LogP contribution in [0.5, 0.6) is 0 Å². The van der Waals surface area contributed by atoms with Gasteiger partial charge in [-0.25, -0.2) is 0 Å². The third-order valence-electron chi connectivity index (χ3n) is 2.52. The summed E-state index contributed by atoms with van der Waals surface area (Å²) < 4.78 is 5.09. The Kier molecular flexibility index (Phi) is 3.10. The van der Waals surface area contributed by atoms with Crippen molar-refractivity contribution in [3.8, 4) is 0 Å². The Morgan fingerprint density at radius 1 is 1.44 bits per heavy atom. The lowest BCUT2D eigenvalue weighted by molar-refractivity contribution is 0.0211. The molecule has 0 aliphatic carbocycles.